The molecule has 9 nitrogen and oxygen atoms in total. The zero-order valence-corrected chi connectivity index (χ0v) is 15.7. The van der Waals surface area contributed by atoms with Crippen molar-refractivity contribution in [3.05, 3.63) is 48.5 Å². The van der Waals surface area contributed by atoms with Crippen molar-refractivity contribution in [2.24, 2.45) is 0 Å². The van der Waals surface area contributed by atoms with Gasteiger partial charge in [0.05, 0.1) is 4.90 Å². The lowest BCUT2D eigenvalue weighted by Crippen LogP contribution is -2.35. The van der Waals surface area contributed by atoms with Gasteiger partial charge in [-0.15, -0.1) is 0 Å². The molecule has 1 heterocycles. The summed E-state index contributed by atoms with van der Waals surface area (Å²) in [6.45, 7) is 0.893. The van der Waals surface area contributed by atoms with Crippen molar-refractivity contribution >= 4 is 27.6 Å². The van der Waals surface area contributed by atoms with Gasteiger partial charge < -0.3 is 19.5 Å². The Morgan fingerprint density at radius 1 is 1.11 bits per heavy atom. The number of esters is 1. The molecule has 1 atom stereocenters. The van der Waals surface area contributed by atoms with Gasteiger partial charge in [0.1, 0.15) is 6.54 Å². The second-order valence-electron chi connectivity index (χ2n) is 5.83. The van der Waals surface area contributed by atoms with Crippen molar-refractivity contribution in [1.82, 2.24) is 4.72 Å². The second-order valence-corrected chi connectivity index (χ2v) is 7.59. The van der Waals surface area contributed by atoms with Crippen molar-refractivity contribution in [2.45, 2.75) is 17.9 Å². The molecule has 0 spiro atoms. The summed E-state index contributed by atoms with van der Waals surface area (Å²) in [5.41, 5.74) is 0.446. The largest absolute Gasteiger partial charge is 0.454 e. The molecule has 0 unspecified atom stereocenters. The normalized spacial score (nSPS) is 13.6. The van der Waals surface area contributed by atoms with E-state index < -0.39 is 34.5 Å². The van der Waals surface area contributed by atoms with E-state index in [0.717, 1.165) is 0 Å². The third-order valence-corrected chi connectivity index (χ3v) is 5.19. The summed E-state index contributed by atoms with van der Waals surface area (Å²) in [5, 5.41) is 2.58. The fraction of sp³-hybridized carbons (Fsp3) is 0.222. The van der Waals surface area contributed by atoms with Gasteiger partial charge in [-0.3, -0.25) is 9.59 Å². The van der Waals surface area contributed by atoms with Crippen LogP contribution in [0.5, 0.6) is 11.5 Å². The third-order valence-electron chi connectivity index (χ3n) is 3.78. The standard InChI is InChI=1S/C18H18N2O7S/c1-12(18(22)20-13-7-8-15-16(9-13)26-11-25-15)27-17(21)10-19-28(23,24)14-5-3-2-4-6-14/h2-9,12,19H,10-11H2,1H3,(H,20,22)/t12-/m0/s1. The molecule has 148 valence electrons. The molecular formula is C18H18N2O7S. The average molecular weight is 406 g/mol. The molecule has 1 amide bonds. The average Bonchev–Trinajstić information content (AvgIpc) is 3.15. The molecule has 0 bridgehead atoms. The van der Waals surface area contributed by atoms with Crippen LogP contribution in [0.4, 0.5) is 5.69 Å². The Labute approximate surface area is 161 Å². The van der Waals surface area contributed by atoms with Crippen LogP contribution in [-0.4, -0.2) is 39.7 Å². The molecular weight excluding hydrogens is 388 g/mol. The summed E-state index contributed by atoms with van der Waals surface area (Å²) in [7, 11) is -3.84. The van der Waals surface area contributed by atoms with Gasteiger partial charge in [-0.05, 0) is 31.2 Å². The Hall–Kier alpha value is -3.11. The smallest absolute Gasteiger partial charge is 0.321 e. The zero-order chi connectivity index (χ0) is 20.1. The molecule has 2 N–H and O–H groups in total. The highest BCUT2D eigenvalue weighted by Crippen LogP contribution is 2.34. The van der Waals surface area contributed by atoms with E-state index in [1.165, 1.54) is 19.1 Å². The Morgan fingerprint density at radius 3 is 2.57 bits per heavy atom. The van der Waals surface area contributed by atoms with E-state index in [1.54, 1.807) is 36.4 Å². The summed E-state index contributed by atoms with van der Waals surface area (Å²) in [4.78, 5) is 24.1. The lowest BCUT2D eigenvalue weighted by molar-refractivity contribution is -0.151. The van der Waals surface area contributed by atoms with Crippen LogP contribution in [0.25, 0.3) is 0 Å². The van der Waals surface area contributed by atoms with Crippen LogP contribution in [0, 0.1) is 0 Å². The van der Waals surface area contributed by atoms with Crippen molar-refractivity contribution in [3.8, 4) is 11.5 Å². The molecule has 0 aromatic heterocycles. The number of carbonyl (C=O) groups is 2. The van der Waals surface area contributed by atoms with Crippen LogP contribution in [0.3, 0.4) is 0 Å². The lowest BCUT2D eigenvalue weighted by Gasteiger charge is -2.14. The molecule has 10 heteroatoms. The fourth-order valence-corrected chi connectivity index (χ4v) is 3.34. The van der Waals surface area contributed by atoms with E-state index in [4.69, 9.17) is 14.2 Å². The number of ether oxygens (including phenoxy) is 3. The number of sulfonamides is 1. The zero-order valence-electron chi connectivity index (χ0n) is 14.9. The van der Waals surface area contributed by atoms with Crippen LogP contribution in [-0.2, 0) is 24.3 Å². The number of carbonyl (C=O) groups excluding carboxylic acids is 2. The highest BCUT2D eigenvalue weighted by molar-refractivity contribution is 7.89. The van der Waals surface area contributed by atoms with Gasteiger partial charge in [-0.2, -0.15) is 4.72 Å². The molecule has 2 aromatic rings. The summed E-state index contributed by atoms with van der Waals surface area (Å²) in [5.74, 6) is -0.382. The van der Waals surface area contributed by atoms with Gasteiger partial charge in [-0.1, -0.05) is 18.2 Å². The molecule has 2 aromatic carbocycles. The number of hydrogen-bond acceptors (Lipinski definition) is 7. The fourth-order valence-electron chi connectivity index (χ4n) is 2.35. The number of amides is 1. The number of benzene rings is 2. The third kappa shape index (κ3) is 4.78. The summed E-state index contributed by atoms with van der Waals surface area (Å²) >= 11 is 0. The number of anilines is 1. The Morgan fingerprint density at radius 2 is 1.82 bits per heavy atom. The van der Waals surface area contributed by atoms with Gasteiger partial charge in [-0.25, -0.2) is 8.42 Å². The van der Waals surface area contributed by atoms with Crippen LogP contribution < -0.4 is 19.5 Å². The van der Waals surface area contributed by atoms with Crippen LogP contribution in [0.15, 0.2) is 53.4 Å². The molecule has 0 fully saturated rings. The monoisotopic (exact) mass is 406 g/mol. The molecule has 28 heavy (non-hydrogen) atoms. The summed E-state index contributed by atoms with van der Waals surface area (Å²) in [6, 6.07) is 12.5. The number of nitrogens with one attached hydrogen (secondary N) is 2. The first-order valence-electron chi connectivity index (χ1n) is 8.30. The van der Waals surface area contributed by atoms with Crippen molar-refractivity contribution in [1.29, 1.82) is 0 Å². The minimum atomic E-state index is -3.84. The molecule has 3 rings (SSSR count). The van der Waals surface area contributed by atoms with Crippen LogP contribution in [0.1, 0.15) is 6.92 Å². The topological polar surface area (TPSA) is 120 Å². The van der Waals surface area contributed by atoms with E-state index in [2.05, 4.69) is 10.0 Å². The van der Waals surface area contributed by atoms with E-state index in [-0.39, 0.29) is 11.7 Å². The molecule has 1 aliphatic heterocycles. The lowest BCUT2D eigenvalue weighted by atomic mass is 10.2. The Kier molecular flexibility index (Phi) is 5.81. The number of hydrogen-bond donors (Lipinski definition) is 2. The van der Waals surface area contributed by atoms with E-state index in [1.807, 2.05) is 0 Å². The maximum absolute atomic E-state index is 12.2. The Bertz CT molecular complexity index is 977. The number of rotatable bonds is 7. The van der Waals surface area contributed by atoms with Gasteiger partial charge >= 0.3 is 5.97 Å². The molecule has 0 radical (unpaired) electrons. The second kappa shape index (κ2) is 8.28. The SMILES string of the molecule is C[C@H](OC(=O)CNS(=O)(=O)c1ccccc1)C(=O)Nc1ccc2c(c1)OCO2. The minimum Gasteiger partial charge on any atom is -0.454 e. The Balaban J connectivity index is 1.50. The van der Waals surface area contributed by atoms with Crippen molar-refractivity contribution in [2.75, 3.05) is 18.7 Å². The highest BCUT2D eigenvalue weighted by atomic mass is 32.2. The molecule has 0 saturated heterocycles. The maximum atomic E-state index is 12.2. The van der Waals surface area contributed by atoms with E-state index in [0.29, 0.717) is 17.2 Å². The molecule has 0 aliphatic carbocycles. The van der Waals surface area contributed by atoms with Gasteiger partial charge in [0.2, 0.25) is 16.8 Å². The highest BCUT2D eigenvalue weighted by Gasteiger charge is 2.21. The predicted octanol–water partition coefficient (Wildman–Crippen LogP) is 1.26. The molecule has 0 saturated carbocycles. The molecule has 1 aliphatic rings. The van der Waals surface area contributed by atoms with Crippen LogP contribution >= 0.6 is 0 Å². The summed E-state index contributed by atoms with van der Waals surface area (Å²) in [6.07, 6.45) is -1.13. The first kappa shape index (κ1) is 19.6. The quantitative estimate of drug-likeness (QED) is 0.664. The van der Waals surface area contributed by atoms with Gasteiger partial charge in [0.25, 0.3) is 5.91 Å². The van der Waals surface area contributed by atoms with E-state index in [9.17, 15) is 18.0 Å². The number of fused-ring (bicyclic) bond motifs is 1. The van der Waals surface area contributed by atoms with Gasteiger partial charge in [0, 0.05) is 11.8 Å². The van der Waals surface area contributed by atoms with E-state index >= 15 is 0 Å². The predicted molar refractivity (Wildman–Crippen MR) is 98.4 cm³/mol. The maximum Gasteiger partial charge on any atom is 0.321 e. The van der Waals surface area contributed by atoms with Gasteiger partial charge in [0.15, 0.2) is 17.6 Å². The van der Waals surface area contributed by atoms with Crippen LogP contribution in [0.2, 0.25) is 0 Å². The first-order chi connectivity index (χ1) is 13.3. The van der Waals surface area contributed by atoms with Crippen molar-refractivity contribution < 1.29 is 32.2 Å². The summed E-state index contributed by atoms with van der Waals surface area (Å²) < 4.78 is 41.7. The van der Waals surface area contributed by atoms with Crippen molar-refractivity contribution in [3.63, 3.8) is 0 Å². The first-order valence-corrected chi connectivity index (χ1v) is 9.78. The minimum absolute atomic E-state index is 0.0244.